The molecule has 1 atom stereocenters. The molecule has 0 bridgehead atoms. The van der Waals surface area contributed by atoms with Gasteiger partial charge in [-0.2, -0.15) is 5.10 Å². The number of carbonyl (C=O) groups excluding carboxylic acids is 2. The van der Waals surface area contributed by atoms with Gasteiger partial charge in [0, 0.05) is 37.3 Å². The molecule has 0 aliphatic carbocycles. The molecule has 0 aromatic carbocycles. The molecule has 24 heavy (non-hydrogen) atoms. The van der Waals surface area contributed by atoms with Gasteiger partial charge in [-0.05, 0) is 30.7 Å². The fourth-order valence-corrected chi connectivity index (χ4v) is 3.22. The van der Waals surface area contributed by atoms with E-state index >= 15 is 0 Å². The van der Waals surface area contributed by atoms with Crippen LogP contribution < -0.4 is 5.32 Å². The minimum absolute atomic E-state index is 0.0376. The molecule has 1 fully saturated rings. The number of aromatic amines is 1. The van der Waals surface area contributed by atoms with Crippen LogP contribution in [0.25, 0.3) is 0 Å². The highest BCUT2D eigenvalue weighted by Crippen LogP contribution is 2.27. The highest BCUT2D eigenvalue weighted by atomic mass is 16.2. The summed E-state index contributed by atoms with van der Waals surface area (Å²) in [6.07, 6.45) is 4.09. The Balaban J connectivity index is 1.92. The molecule has 1 aromatic heterocycles. The average Bonchev–Trinajstić information content (AvgIpc) is 3.05. The number of aromatic nitrogens is 2. The fourth-order valence-electron chi connectivity index (χ4n) is 3.22. The Kier molecular flexibility index (Phi) is 6.40. The second-order valence-corrected chi connectivity index (χ2v) is 7.50. The van der Waals surface area contributed by atoms with Gasteiger partial charge in [0.25, 0.3) is 0 Å². The largest absolute Gasteiger partial charge is 0.344 e. The van der Waals surface area contributed by atoms with Crippen molar-refractivity contribution in [3.8, 4) is 0 Å². The second kappa shape index (κ2) is 8.31. The molecule has 0 radical (unpaired) electrons. The van der Waals surface area contributed by atoms with Crippen LogP contribution in [-0.2, 0) is 9.59 Å². The van der Waals surface area contributed by atoms with Crippen molar-refractivity contribution in [1.29, 1.82) is 0 Å². The minimum Gasteiger partial charge on any atom is -0.344 e. The summed E-state index contributed by atoms with van der Waals surface area (Å²) in [7, 11) is 0. The molecule has 1 unspecified atom stereocenters. The van der Waals surface area contributed by atoms with Crippen molar-refractivity contribution in [2.45, 2.75) is 58.9 Å². The topological polar surface area (TPSA) is 78.1 Å². The van der Waals surface area contributed by atoms with E-state index < -0.39 is 6.04 Å². The summed E-state index contributed by atoms with van der Waals surface area (Å²) in [4.78, 5) is 26.8. The smallest absolute Gasteiger partial charge is 0.245 e. The minimum atomic E-state index is -0.431. The van der Waals surface area contributed by atoms with E-state index in [0.717, 1.165) is 31.6 Å². The van der Waals surface area contributed by atoms with E-state index in [-0.39, 0.29) is 23.7 Å². The Morgan fingerprint density at radius 1 is 1.29 bits per heavy atom. The van der Waals surface area contributed by atoms with Crippen LogP contribution >= 0.6 is 0 Å². The first-order chi connectivity index (χ1) is 11.4. The summed E-state index contributed by atoms with van der Waals surface area (Å²) < 4.78 is 0. The van der Waals surface area contributed by atoms with Gasteiger partial charge in [-0.25, -0.2) is 0 Å². The Hall–Kier alpha value is -1.85. The number of nitrogens with one attached hydrogen (secondary N) is 2. The van der Waals surface area contributed by atoms with Crippen molar-refractivity contribution in [1.82, 2.24) is 20.4 Å². The highest BCUT2D eigenvalue weighted by molar-refractivity contribution is 5.88. The Morgan fingerprint density at radius 2 is 1.96 bits per heavy atom. The molecular formula is C18H30N4O2. The number of amides is 2. The Bertz CT molecular complexity index is 531. The van der Waals surface area contributed by atoms with Crippen LogP contribution in [0, 0.1) is 11.8 Å². The third kappa shape index (κ3) is 4.82. The number of likely N-dealkylation sites (tertiary alicyclic amines) is 1. The van der Waals surface area contributed by atoms with Crippen molar-refractivity contribution in [2.24, 2.45) is 11.8 Å². The van der Waals surface area contributed by atoms with Crippen molar-refractivity contribution >= 4 is 11.8 Å². The van der Waals surface area contributed by atoms with E-state index in [0.29, 0.717) is 12.3 Å². The van der Waals surface area contributed by atoms with Crippen LogP contribution in [0.2, 0.25) is 0 Å². The van der Waals surface area contributed by atoms with E-state index in [1.165, 1.54) is 0 Å². The lowest BCUT2D eigenvalue weighted by Gasteiger charge is -2.35. The molecule has 2 heterocycles. The lowest BCUT2D eigenvalue weighted by Crippen LogP contribution is -2.53. The van der Waals surface area contributed by atoms with Gasteiger partial charge >= 0.3 is 0 Å². The van der Waals surface area contributed by atoms with Crippen molar-refractivity contribution in [2.75, 3.05) is 13.1 Å². The van der Waals surface area contributed by atoms with Gasteiger partial charge in [0.05, 0.1) is 0 Å². The first-order valence-electron chi connectivity index (χ1n) is 8.96. The van der Waals surface area contributed by atoms with Crippen LogP contribution in [0.15, 0.2) is 12.3 Å². The van der Waals surface area contributed by atoms with Gasteiger partial charge in [-0.15, -0.1) is 0 Å². The number of carbonyl (C=O) groups is 2. The predicted molar refractivity (Wildman–Crippen MR) is 93.4 cm³/mol. The lowest BCUT2D eigenvalue weighted by atomic mass is 9.92. The maximum atomic E-state index is 12.8. The third-order valence-electron chi connectivity index (χ3n) is 4.61. The molecular weight excluding hydrogens is 304 g/mol. The number of hydrogen-bond acceptors (Lipinski definition) is 3. The molecule has 6 heteroatoms. The molecule has 1 aliphatic rings. The van der Waals surface area contributed by atoms with Crippen LogP contribution in [0.3, 0.4) is 0 Å². The molecule has 1 aromatic rings. The zero-order valence-electron chi connectivity index (χ0n) is 15.2. The monoisotopic (exact) mass is 334 g/mol. The molecule has 0 saturated carbocycles. The van der Waals surface area contributed by atoms with Crippen LogP contribution in [0.1, 0.15) is 58.6 Å². The maximum Gasteiger partial charge on any atom is 0.245 e. The summed E-state index contributed by atoms with van der Waals surface area (Å²) in [6.45, 7) is 9.43. The lowest BCUT2D eigenvalue weighted by molar-refractivity contribution is -0.138. The Labute approximate surface area is 144 Å². The highest BCUT2D eigenvalue weighted by Gasteiger charge is 2.31. The quantitative estimate of drug-likeness (QED) is 0.838. The summed E-state index contributed by atoms with van der Waals surface area (Å²) >= 11 is 0. The second-order valence-electron chi connectivity index (χ2n) is 7.50. The summed E-state index contributed by atoms with van der Waals surface area (Å²) in [5, 5.41) is 9.97. The molecule has 0 spiro atoms. The van der Waals surface area contributed by atoms with Crippen molar-refractivity contribution in [3.05, 3.63) is 18.0 Å². The summed E-state index contributed by atoms with van der Waals surface area (Å²) in [6, 6.07) is 1.57. The standard InChI is InChI=1S/C18H30N4O2/c1-12(2)11-16(23)20-17(13(3)4)18(24)22-9-6-14(7-10-22)15-5-8-19-21-15/h5,8,12-14,17H,6-7,9-11H2,1-4H3,(H,19,21)(H,20,23). The van der Waals surface area contributed by atoms with Gasteiger partial charge in [0.1, 0.15) is 6.04 Å². The molecule has 2 rings (SSSR count). The first kappa shape index (κ1) is 18.5. The van der Waals surface area contributed by atoms with E-state index in [4.69, 9.17) is 0 Å². The first-order valence-corrected chi connectivity index (χ1v) is 8.96. The van der Waals surface area contributed by atoms with E-state index in [9.17, 15) is 9.59 Å². The van der Waals surface area contributed by atoms with Gasteiger partial charge in [-0.1, -0.05) is 27.7 Å². The molecule has 1 saturated heterocycles. The number of H-pyrrole nitrogens is 1. The van der Waals surface area contributed by atoms with Crippen LogP contribution in [0.4, 0.5) is 0 Å². The van der Waals surface area contributed by atoms with E-state index in [2.05, 4.69) is 15.5 Å². The number of hydrogen-bond donors (Lipinski definition) is 2. The van der Waals surface area contributed by atoms with Crippen LogP contribution in [0.5, 0.6) is 0 Å². The Morgan fingerprint density at radius 3 is 2.46 bits per heavy atom. The normalized spacial score (nSPS) is 17.3. The van der Waals surface area contributed by atoms with Crippen molar-refractivity contribution in [3.63, 3.8) is 0 Å². The maximum absolute atomic E-state index is 12.8. The zero-order chi connectivity index (χ0) is 17.7. The summed E-state index contributed by atoms with van der Waals surface area (Å²) in [5.74, 6) is 0.816. The molecule has 2 amide bonds. The third-order valence-corrected chi connectivity index (χ3v) is 4.61. The zero-order valence-corrected chi connectivity index (χ0v) is 15.2. The van der Waals surface area contributed by atoms with Gasteiger partial charge in [0.2, 0.25) is 11.8 Å². The number of rotatable bonds is 6. The number of piperidine rings is 1. The van der Waals surface area contributed by atoms with Gasteiger partial charge in [0.15, 0.2) is 0 Å². The molecule has 6 nitrogen and oxygen atoms in total. The van der Waals surface area contributed by atoms with E-state index in [1.54, 1.807) is 6.20 Å². The van der Waals surface area contributed by atoms with Crippen molar-refractivity contribution < 1.29 is 9.59 Å². The predicted octanol–water partition coefficient (Wildman–Crippen LogP) is 2.30. The van der Waals surface area contributed by atoms with E-state index in [1.807, 2.05) is 38.7 Å². The molecule has 1 aliphatic heterocycles. The molecule has 2 N–H and O–H groups in total. The van der Waals surface area contributed by atoms with Gasteiger partial charge in [-0.3, -0.25) is 14.7 Å². The van der Waals surface area contributed by atoms with Crippen LogP contribution in [-0.4, -0.2) is 46.0 Å². The number of nitrogens with zero attached hydrogens (tertiary/aromatic N) is 2. The SMILES string of the molecule is CC(C)CC(=O)NC(C(=O)N1CCC(c2ccn[nH]2)CC1)C(C)C. The fraction of sp³-hybridized carbons (Fsp3) is 0.722. The van der Waals surface area contributed by atoms with Gasteiger partial charge < -0.3 is 10.2 Å². The average molecular weight is 334 g/mol. The summed E-state index contributed by atoms with van der Waals surface area (Å²) in [5.41, 5.74) is 1.15. The molecule has 134 valence electrons.